The maximum atomic E-state index is 5.50. The second kappa shape index (κ2) is 7.70. The van der Waals surface area contributed by atoms with Gasteiger partial charge in [-0.15, -0.1) is 0 Å². The Bertz CT molecular complexity index is 295. The highest BCUT2D eigenvalue weighted by atomic mass is 16.5. The van der Waals surface area contributed by atoms with Crippen molar-refractivity contribution in [3.8, 4) is 0 Å². The van der Waals surface area contributed by atoms with Crippen molar-refractivity contribution >= 4 is 5.96 Å². The molecule has 0 aromatic rings. The molecule has 5 nitrogen and oxygen atoms in total. The largest absolute Gasteiger partial charge is 0.382 e. The Morgan fingerprint density at radius 1 is 1.37 bits per heavy atom. The number of rotatable bonds is 7. The molecule has 2 fully saturated rings. The molecule has 2 bridgehead atoms. The zero-order valence-electron chi connectivity index (χ0n) is 12.0. The van der Waals surface area contributed by atoms with E-state index in [1.54, 1.807) is 0 Å². The van der Waals surface area contributed by atoms with E-state index in [1.165, 1.54) is 25.7 Å². The molecule has 0 aliphatic heterocycles. The molecule has 0 spiro atoms. The number of hydrazine groups is 1. The molecule has 2 aliphatic rings. The first-order valence-corrected chi connectivity index (χ1v) is 7.66. The van der Waals surface area contributed by atoms with Gasteiger partial charge in [0, 0.05) is 26.3 Å². The molecule has 2 saturated carbocycles. The van der Waals surface area contributed by atoms with E-state index in [4.69, 9.17) is 10.6 Å². The van der Waals surface area contributed by atoms with Crippen LogP contribution in [-0.4, -0.2) is 32.3 Å². The molecule has 5 heteroatoms. The summed E-state index contributed by atoms with van der Waals surface area (Å²) in [5.41, 5.74) is 2.66. The molecule has 110 valence electrons. The van der Waals surface area contributed by atoms with Gasteiger partial charge in [-0.3, -0.25) is 10.4 Å². The second-order valence-electron chi connectivity index (χ2n) is 5.75. The second-order valence-corrected chi connectivity index (χ2v) is 5.75. The van der Waals surface area contributed by atoms with Gasteiger partial charge in [0.15, 0.2) is 0 Å². The number of nitrogens with two attached hydrogens (primary N) is 1. The standard InChI is InChI=1S/C14H28N4O/c1-2-19-7-3-6-16-14(18-15)17-10-13-9-11-4-5-12(13)8-11/h11-13H,2-10,15H2,1H3,(H2,16,17,18). The van der Waals surface area contributed by atoms with E-state index in [9.17, 15) is 0 Å². The van der Waals surface area contributed by atoms with Crippen molar-refractivity contribution in [2.24, 2.45) is 28.6 Å². The Morgan fingerprint density at radius 3 is 2.89 bits per heavy atom. The summed E-state index contributed by atoms with van der Waals surface area (Å²) < 4.78 is 5.29. The van der Waals surface area contributed by atoms with Crippen molar-refractivity contribution < 1.29 is 4.74 Å². The van der Waals surface area contributed by atoms with Crippen LogP contribution in [0.25, 0.3) is 0 Å². The van der Waals surface area contributed by atoms with Crippen molar-refractivity contribution in [3.05, 3.63) is 0 Å². The van der Waals surface area contributed by atoms with Gasteiger partial charge in [-0.25, -0.2) is 5.84 Å². The molecule has 0 aromatic heterocycles. The van der Waals surface area contributed by atoms with Crippen molar-refractivity contribution in [3.63, 3.8) is 0 Å². The molecule has 4 N–H and O–H groups in total. The Morgan fingerprint density at radius 2 is 2.26 bits per heavy atom. The lowest BCUT2D eigenvalue weighted by Gasteiger charge is -2.20. The van der Waals surface area contributed by atoms with Crippen molar-refractivity contribution in [1.29, 1.82) is 0 Å². The third-order valence-corrected chi connectivity index (χ3v) is 4.47. The number of ether oxygens (including phenoxy) is 1. The van der Waals surface area contributed by atoms with Crippen LogP contribution in [0.1, 0.15) is 39.0 Å². The van der Waals surface area contributed by atoms with Crippen LogP contribution in [0, 0.1) is 17.8 Å². The van der Waals surface area contributed by atoms with Crippen LogP contribution in [0.2, 0.25) is 0 Å². The summed E-state index contributed by atoms with van der Waals surface area (Å²) in [5, 5.41) is 3.23. The number of hydrogen-bond donors (Lipinski definition) is 3. The molecule has 0 heterocycles. The van der Waals surface area contributed by atoms with E-state index in [2.05, 4.69) is 15.7 Å². The fraction of sp³-hybridized carbons (Fsp3) is 0.929. The van der Waals surface area contributed by atoms with E-state index in [0.29, 0.717) is 0 Å². The van der Waals surface area contributed by atoms with E-state index in [0.717, 1.165) is 56.4 Å². The Balaban J connectivity index is 1.64. The van der Waals surface area contributed by atoms with Gasteiger partial charge in [0.1, 0.15) is 0 Å². The lowest BCUT2D eigenvalue weighted by Crippen LogP contribution is -2.42. The number of hydrogen-bond acceptors (Lipinski definition) is 3. The summed E-state index contributed by atoms with van der Waals surface area (Å²) in [5.74, 6) is 8.91. The molecule has 3 unspecified atom stereocenters. The molecule has 3 atom stereocenters. The first-order valence-electron chi connectivity index (χ1n) is 7.66. The van der Waals surface area contributed by atoms with Gasteiger partial charge in [-0.05, 0) is 50.4 Å². The van der Waals surface area contributed by atoms with E-state index >= 15 is 0 Å². The van der Waals surface area contributed by atoms with Gasteiger partial charge in [0.2, 0.25) is 5.96 Å². The quantitative estimate of drug-likeness (QED) is 0.214. The van der Waals surface area contributed by atoms with Crippen LogP contribution in [-0.2, 0) is 4.74 Å². The highest BCUT2D eigenvalue weighted by Crippen LogP contribution is 2.48. The summed E-state index contributed by atoms with van der Waals surface area (Å²) in [4.78, 5) is 4.59. The minimum Gasteiger partial charge on any atom is -0.382 e. The minimum atomic E-state index is 0.722. The van der Waals surface area contributed by atoms with Crippen LogP contribution < -0.4 is 16.6 Å². The van der Waals surface area contributed by atoms with Crippen LogP contribution in [0.15, 0.2) is 4.99 Å². The minimum absolute atomic E-state index is 0.722. The summed E-state index contributed by atoms with van der Waals surface area (Å²) in [6, 6.07) is 0. The monoisotopic (exact) mass is 268 g/mol. The normalized spacial score (nSPS) is 29.8. The predicted molar refractivity (Wildman–Crippen MR) is 77.7 cm³/mol. The Labute approximate surface area is 116 Å². The average Bonchev–Trinajstić information content (AvgIpc) is 3.04. The fourth-order valence-corrected chi connectivity index (χ4v) is 3.49. The third kappa shape index (κ3) is 4.35. The van der Waals surface area contributed by atoms with Gasteiger partial charge in [-0.1, -0.05) is 6.42 Å². The number of nitrogens with one attached hydrogen (secondary N) is 2. The fourth-order valence-electron chi connectivity index (χ4n) is 3.49. The van der Waals surface area contributed by atoms with Gasteiger partial charge >= 0.3 is 0 Å². The van der Waals surface area contributed by atoms with Crippen LogP contribution >= 0.6 is 0 Å². The molecule has 0 saturated heterocycles. The van der Waals surface area contributed by atoms with Crippen molar-refractivity contribution in [1.82, 2.24) is 10.7 Å². The molecule has 0 amide bonds. The summed E-state index contributed by atoms with van der Waals surface area (Å²) in [6.45, 7) is 5.34. The van der Waals surface area contributed by atoms with Crippen LogP contribution in [0.3, 0.4) is 0 Å². The lowest BCUT2D eigenvalue weighted by molar-refractivity contribution is 0.145. The highest BCUT2D eigenvalue weighted by molar-refractivity contribution is 5.79. The molecular formula is C14H28N4O. The van der Waals surface area contributed by atoms with Gasteiger partial charge in [0.05, 0.1) is 0 Å². The average molecular weight is 268 g/mol. The number of guanidine groups is 1. The SMILES string of the molecule is CCOCCCNC(=NCC1CC2CCC1C2)NN. The van der Waals surface area contributed by atoms with Crippen molar-refractivity contribution in [2.45, 2.75) is 39.0 Å². The summed E-state index contributed by atoms with van der Waals surface area (Å²) in [6.07, 6.45) is 6.65. The molecule has 0 aromatic carbocycles. The maximum Gasteiger partial charge on any atom is 0.205 e. The maximum absolute atomic E-state index is 5.50. The van der Waals surface area contributed by atoms with E-state index in [1.807, 2.05) is 6.92 Å². The van der Waals surface area contributed by atoms with Gasteiger partial charge in [-0.2, -0.15) is 0 Å². The lowest BCUT2D eigenvalue weighted by atomic mass is 9.89. The van der Waals surface area contributed by atoms with Crippen LogP contribution in [0.4, 0.5) is 0 Å². The number of nitrogens with zero attached hydrogens (tertiary/aromatic N) is 1. The smallest absolute Gasteiger partial charge is 0.205 e. The first kappa shape index (κ1) is 14.6. The Kier molecular flexibility index (Phi) is 5.92. The molecule has 19 heavy (non-hydrogen) atoms. The topological polar surface area (TPSA) is 71.7 Å². The third-order valence-electron chi connectivity index (χ3n) is 4.47. The zero-order valence-corrected chi connectivity index (χ0v) is 12.0. The predicted octanol–water partition coefficient (Wildman–Crippen LogP) is 1.26. The molecule has 2 rings (SSSR count). The molecular weight excluding hydrogens is 240 g/mol. The number of fused-ring (bicyclic) bond motifs is 2. The van der Waals surface area contributed by atoms with Gasteiger partial charge in [0.25, 0.3) is 0 Å². The number of aliphatic imine (C=N–C) groups is 1. The van der Waals surface area contributed by atoms with Gasteiger partial charge < -0.3 is 10.1 Å². The Hall–Kier alpha value is -0.810. The first-order chi connectivity index (χ1) is 9.33. The molecule has 2 aliphatic carbocycles. The van der Waals surface area contributed by atoms with E-state index in [-0.39, 0.29) is 0 Å². The van der Waals surface area contributed by atoms with E-state index < -0.39 is 0 Å². The highest BCUT2D eigenvalue weighted by Gasteiger charge is 2.39. The molecule has 0 radical (unpaired) electrons. The zero-order chi connectivity index (χ0) is 13.5. The van der Waals surface area contributed by atoms with Crippen LogP contribution in [0.5, 0.6) is 0 Å². The van der Waals surface area contributed by atoms with Crippen molar-refractivity contribution in [2.75, 3.05) is 26.3 Å². The summed E-state index contributed by atoms with van der Waals surface area (Å²) in [7, 11) is 0. The summed E-state index contributed by atoms with van der Waals surface area (Å²) >= 11 is 0.